The second kappa shape index (κ2) is 4.60. The van der Waals surface area contributed by atoms with Crippen LogP contribution in [-0.2, 0) is 0 Å². The van der Waals surface area contributed by atoms with Crippen molar-refractivity contribution < 1.29 is 17.9 Å². The molecule has 0 unspecified atom stereocenters. The Bertz CT molecular complexity index is 576. The van der Waals surface area contributed by atoms with Gasteiger partial charge >= 0.3 is 0 Å². The van der Waals surface area contributed by atoms with E-state index in [1.165, 1.54) is 25.3 Å². The number of halogens is 3. The Kier molecular flexibility index (Phi) is 3.14. The SMILES string of the molecule is COc1cc(-c2cc(F)c(N)c(F)c2)ccc1F. The first-order valence-electron chi connectivity index (χ1n) is 5.11. The first-order valence-corrected chi connectivity index (χ1v) is 5.11. The van der Waals surface area contributed by atoms with Crippen molar-refractivity contribution in [2.75, 3.05) is 12.8 Å². The lowest BCUT2D eigenvalue weighted by molar-refractivity contribution is 0.387. The molecule has 94 valence electrons. The molecule has 0 spiro atoms. The Hall–Kier alpha value is -2.17. The van der Waals surface area contributed by atoms with Gasteiger partial charge in [-0.3, -0.25) is 0 Å². The van der Waals surface area contributed by atoms with Crippen LogP contribution < -0.4 is 10.5 Å². The third-order valence-electron chi connectivity index (χ3n) is 2.56. The van der Waals surface area contributed by atoms with Crippen molar-refractivity contribution in [1.82, 2.24) is 0 Å². The highest BCUT2D eigenvalue weighted by Gasteiger charge is 2.11. The minimum atomic E-state index is -0.853. The van der Waals surface area contributed by atoms with Gasteiger partial charge in [-0.05, 0) is 35.4 Å². The Morgan fingerprint density at radius 2 is 1.50 bits per heavy atom. The lowest BCUT2D eigenvalue weighted by Crippen LogP contribution is -1.96. The van der Waals surface area contributed by atoms with Gasteiger partial charge in [0.2, 0.25) is 0 Å². The largest absolute Gasteiger partial charge is 0.494 e. The summed E-state index contributed by atoms with van der Waals surface area (Å²) in [5.41, 5.74) is 5.34. The van der Waals surface area contributed by atoms with Gasteiger partial charge in [-0.15, -0.1) is 0 Å². The van der Waals surface area contributed by atoms with Gasteiger partial charge in [0.25, 0.3) is 0 Å². The van der Waals surface area contributed by atoms with Gasteiger partial charge in [0.15, 0.2) is 11.6 Å². The zero-order chi connectivity index (χ0) is 13.3. The maximum absolute atomic E-state index is 13.3. The van der Waals surface area contributed by atoms with Gasteiger partial charge < -0.3 is 10.5 Å². The Labute approximate surface area is 102 Å². The fourth-order valence-electron chi connectivity index (χ4n) is 1.59. The molecule has 2 N–H and O–H groups in total. The van der Waals surface area contributed by atoms with Crippen LogP contribution in [0.5, 0.6) is 5.75 Å². The van der Waals surface area contributed by atoms with Gasteiger partial charge in [0, 0.05) is 0 Å². The molecule has 0 saturated heterocycles. The van der Waals surface area contributed by atoms with Crippen molar-refractivity contribution >= 4 is 5.69 Å². The molecule has 0 fully saturated rings. The molecule has 0 aliphatic rings. The summed E-state index contributed by atoms with van der Waals surface area (Å²) < 4.78 is 44.7. The first kappa shape index (κ1) is 12.3. The Morgan fingerprint density at radius 3 is 2.06 bits per heavy atom. The molecular formula is C13H10F3NO. The van der Waals surface area contributed by atoms with E-state index in [4.69, 9.17) is 10.5 Å². The van der Waals surface area contributed by atoms with Crippen molar-refractivity contribution in [3.63, 3.8) is 0 Å². The highest BCUT2D eigenvalue weighted by Crippen LogP contribution is 2.29. The van der Waals surface area contributed by atoms with E-state index in [1.54, 1.807) is 0 Å². The summed E-state index contributed by atoms with van der Waals surface area (Å²) in [6.45, 7) is 0. The van der Waals surface area contributed by atoms with Crippen LogP contribution in [0.1, 0.15) is 0 Å². The average Bonchev–Trinajstić information content (AvgIpc) is 2.36. The normalized spacial score (nSPS) is 10.4. The van der Waals surface area contributed by atoms with E-state index >= 15 is 0 Å². The van der Waals surface area contributed by atoms with E-state index in [0.29, 0.717) is 5.56 Å². The molecule has 0 aliphatic carbocycles. The number of hydrogen-bond donors (Lipinski definition) is 1. The Morgan fingerprint density at radius 1 is 0.889 bits per heavy atom. The molecule has 0 atom stereocenters. The predicted molar refractivity (Wildman–Crippen MR) is 62.7 cm³/mol. The summed E-state index contributed by atoms with van der Waals surface area (Å²) in [4.78, 5) is 0. The number of rotatable bonds is 2. The number of ether oxygens (including phenoxy) is 1. The van der Waals surface area contributed by atoms with Crippen LogP contribution in [0.4, 0.5) is 18.9 Å². The summed E-state index contributed by atoms with van der Waals surface area (Å²) in [5, 5.41) is 0. The number of methoxy groups -OCH3 is 1. The van der Waals surface area contributed by atoms with Crippen molar-refractivity contribution in [2.45, 2.75) is 0 Å². The van der Waals surface area contributed by atoms with Crippen LogP contribution in [0.25, 0.3) is 11.1 Å². The summed E-state index contributed by atoms with van der Waals surface area (Å²) in [7, 11) is 1.31. The number of anilines is 1. The minimum absolute atomic E-state index is 0.00476. The maximum Gasteiger partial charge on any atom is 0.165 e. The zero-order valence-electron chi connectivity index (χ0n) is 9.51. The lowest BCUT2D eigenvalue weighted by Gasteiger charge is -2.07. The topological polar surface area (TPSA) is 35.2 Å². The monoisotopic (exact) mass is 253 g/mol. The van der Waals surface area contributed by atoms with Crippen LogP contribution >= 0.6 is 0 Å². The molecule has 0 bridgehead atoms. The van der Waals surface area contributed by atoms with Gasteiger partial charge in [-0.25, -0.2) is 13.2 Å². The maximum atomic E-state index is 13.3. The molecule has 2 aromatic rings. The van der Waals surface area contributed by atoms with E-state index in [1.807, 2.05) is 0 Å². The van der Waals surface area contributed by atoms with Crippen LogP contribution in [0, 0.1) is 17.5 Å². The highest BCUT2D eigenvalue weighted by atomic mass is 19.1. The molecule has 5 heteroatoms. The smallest absolute Gasteiger partial charge is 0.165 e. The number of benzene rings is 2. The summed E-state index contributed by atoms with van der Waals surface area (Å²) in [5.74, 6) is -2.25. The third kappa shape index (κ3) is 2.11. The molecule has 2 rings (SSSR count). The minimum Gasteiger partial charge on any atom is -0.494 e. The second-order valence-corrected chi connectivity index (χ2v) is 3.70. The molecule has 0 amide bonds. The van der Waals surface area contributed by atoms with E-state index in [-0.39, 0.29) is 11.3 Å². The van der Waals surface area contributed by atoms with Crippen molar-refractivity contribution in [3.8, 4) is 16.9 Å². The van der Waals surface area contributed by atoms with Gasteiger partial charge in [0.05, 0.1) is 7.11 Å². The summed E-state index contributed by atoms with van der Waals surface area (Å²) in [6.07, 6.45) is 0. The number of nitrogen functional groups attached to an aromatic ring is 1. The highest BCUT2D eigenvalue weighted by molar-refractivity contribution is 5.67. The van der Waals surface area contributed by atoms with E-state index in [2.05, 4.69) is 0 Å². The Balaban J connectivity index is 2.55. The van der Waals surface area contributed by atoms with E-state index in [0.717, 1.165) is 12.1 Å². The van der Waals surface area contributed by atoms with Crippen molar-refractivity contribution in [1.29, 1.82) is 0 Å². The standard InChI is InChI=1S/C13H10F3NO/c1-18-12-6-7(2-3-9(12)14)8-4-10(15)13(17)11(16)5-8/h2-6H,17H2,1H3. The molecule has 0 saturated carbocycles. The lowest BCUT2D eigenvalue weighted by atomic mass is 10.0. The number of hydrogen-bond acceptors (Lipinski definition) is 2. The molecular weight excluding hydrogens is 243 g/mol. The fraction of sp³-hybridized carbons (Fsp3) is 0.0769. The predicted octanol–water partition coefficient (Wildman–Crippen LogP) is 3.36. The van der Waals surface area contributed by atoms with E-state index < -0.39 is 23.1 Å². The van der Waals surface area contributed by atoms with E-state index in [9.17, 15) is 13.2 Å². The molecule has 18 heavy (non-hydrogen) atoms. The average molecular weight is 253 g/mol. The van der Waals surface area contributed by atoms with Gasteiger partial charge in [-0.2, -0.15) is 0 Å². The quantitative estimate of drug-likeness (QED) is 0.833. The van der Waals surface area contributed by atoms with Crippen molar-refractivity contribution in [3.05, 3.63) is 47.8 Å². The second-order valence-electron chi connectivity index (χ2n) is 3.70. The third-order valence-corrected chi connectivity index (χ3v) is 2.56. The number of nitrogens with two attached hydrogens (primary N) is 1. The van der Waals surface area contributed by atoms with Crippen LogP contribution in [0.15, 0.2) is 30.3 Å². The van der Waals surface area contributed by atoms with Crippen LogP contribution in [0.3, 0.4) is 0 Å². The van der Waals surface area contributed by atoms with Crippen molar-refractivity contribution in [2.24, 2.45) is 0 Å². The fourth-order valence-corrected chi connectivity index (χ4v) is 1.59. The first-order chi connectivity index (χ1) is 8.52. The van der Waals surface area contributed by atoms with Gasteiger partial charge in [0.1, 0.15) is 17.3 Å². The zero-order valence-corrected chi connectivity index (χ0v) is 9.51. The molecule has 0 heterocycles. The van der Waals surface area contributed by atoms with Gasteiger partial charge in [-0.1, -0.05) is 6.07 Å². The molecule has 0 aliphatic heterocycles. The molecule has 0 radical (unpaired) electrons. The van der Waals surface area contributed by atoms with Crippen LogP contribution in [-0.4, -0.2) is 7.11 Å². The molecule has 2 aromatic carbocycles. The molecule has 0 aromatic heterocycles. The summed E-state index contributed by atoms with van der Waals surface area (Å²) >= 11 is 0. The van der Waals surface area contributed by atoms with Crippen LogP contribution in [0.2, 0.25) is 0 Å². The molecule has 2 nitrogen and oxygen atoms in total. The summed E-state index contributed by atoms with van der Waals surface area (Å²) in [6, 6.07) is 6.11.